The second kappa shape index (κ2) is 35.0. The number of carbonyl (C=O) groups excluding carboxylic acids is 1. The summed E-state index contributed by atoms with van der Waals surface area (Å²) in [6, 6.07) is 6.22. The van der Waals surface area contributed by atoms with E-state index in [4.69, 9.17) is 99.9 Å². The lowest BCUT2D eigenvalue weighted by molar-refractivity contribution is -0.0675. The average molecular weight is 1970 g/mol. The van der Waals surface area contributed by atoms with E-state index in [-0.39, 0.29) is 68.5 Å². The molecule has 29 atom stereocenters. The average Bonchev–Trinajstić information content (AvgIpc) is 1.63. The van der Waals surface area contributed by atoms with Crippen molar-refractivity contribution in [2.24, 2.45) is 10.2 Å². The van der Waals surface area contributed by atoms with Gasteiger partial charge in [0.05, 0.1) is 88.8 Å². The number of aliphatic hydroxyl groups is 5. The van der Waals surface area contributed by atoms with Crippen molar-refractivity contribution >= 4 is 131 Å². The molecule has 0 aliphatic carbocycles. The number of nitrogens with one attached hydrogen (secondary N) is 2. The molecular formula is C65H73N23O38P6. The highest BCUT2D eigenvalue weighted by Gasteiger charge is 2.59. The number of carbonyl (C=O) groups is 1. The number of aromatic nitrogens is 18. The number of pyridine rings is 3. The molecule has 10 aliphatic rings. The normalized spacial score (nSPS) is 38.1. The Labute approximate surface area is 732 Å². The number of Topliss-reactive ketones (excluding diaryl/α,β-unsaturated/α-hetero) is 1. The summed E-state index contributed by atoms with van der Waals surface area (Å²) in [6.45, 7) is -0.892. The zero-order valence-corrected chi connectivity index (χ0v) is 71.9. The van der Waals surface area contributed by atoms with Crippen molar-refractivity contribution in [1.29, 1.82) is 0 Å². The van der Waals surface area contributed by atoms with Gasteiger partial charge in [-0.1, -0.05) is 6.58 Å². The number of anilines is 3. The van der Waals surface area contributed by atoms with Crippen LogP contribution in [0.3, 0.4) is 0 Å². The van der Waals surface area contributed by atoms with Crippen molar-refractivity contribution in [2.45, 2.75) is 141 Å². The summed E-state index contributed by atoms with van der Waals surface area (Å²) in [5, 5.41) is 63.5. The number of imidazole rings is 5. The molecule has 61 nitrogen and oxygen atoms in total. The number of hydrogen-bond donors (Lipinski definition) is 16. The Bertz CT molecular complexity index is 6820. The van der Waals surface area contributed by atoms with Gasteiger partial charge in [0.2, 0.25) is 5.78 Å². The maximum Gasteiger partial charge on any atom is 0.473 e. The highest BCUT2D eigenvalue weighted by molar-refractivity contribution is 7.48. The molecule has 67 heteroatoms. The minimum absolute atomic E-state index is 0.0148. The molecule has 9 fully saturated rings. The van der Waals surface area contributed by atoms with Crippen LogP contribution in [-0.4, -0.2) is 298 Å². The first-order chi connectivity index (χ1) is 62.8. The smallest absolute Gasteiger partial charge is 0.398 e. The van der Waals surface area contributed by atoms with Gasteiger partial charge >= 0.3 is 46.9 Å². The van der Waals surface area contributed by atoms with Gasteiger partial charge in [-0.25, -0.2) is 77.2 Å². The van der Waals surface area contributed by atoms with E-state index in [0.717, 1.165) is 23.5 Å². The van der Waals surface area contributed by atoms with Crippen LogP contribution >= 0.6 is 46.9 Å². The maximum absolute atomic E-state index is 13.2. The molecule has 11 aromatic rings. The lowest BCUT2D eigenvalue weighted by Crippen LogP contribution is -2.36. The predicted molar refractivity (Wildman–Crippen MR) is 427 cm³/mol. The Hall–Kier alpha value is -9.53. The standard InChI is InChI=1S/C23H26N6O13P2.C22H24N8O12P2.C20H23N9O13P2/c24-11-1-4-25-20-10(11)3-6-28(20)22-17(31)18-14(40-22)8-38-44(35,36)42-19-16(30)13(7-37-43(33,34)41-18)39-23(19)29-9-27-15-12(29)2-5-26-21(15)32;1-9-11-4-37-44(35,36)42-17-12(40-21(15(17)31)29-7-27-13-10(23)2-3-24-18(13)29)5-38-43(33,34)41-16(9)22(39-11)30-8-28-14-19(30)25-6-26-20(14)32;21-16-11-17(23-4-22-16)28(6-25-11)20-15-12(31)8(39-20)2-37-43(33,34)41-14-9(3-38-44(35,36)42-15)40-19(13(14)32)29-5-24-10-7(30)1-26-27-18(10)29/h1-6,9,13-14,16-19,22-23,30-31H,7-8H2,(H2,24,25)(H,26,32)(H,33,34)(H,35,36);2-3,6-8,11-12,15-17,21-22,31H,1,4-5H2,(H2,23,24)(H,33,34)(H,35,36)(H,25,26,32);4-6,8-9,12-15,19-20,31-32H,1-3H2,(H,33,34)(H,35,36)(H2,21,22,23)/t13-,14-,16-,17-,18-,19-,22-,23-;11-,12-,15-,16-,17-,21-,22-;8-,9-,12-,13-,14-,15-,19-,20-/m111/s1. The van der Waals surface area contributed by atoms with Crippen molar-refractivity contribution < 1.29 is 170 Å². The van der Waals surface area contributed by atoms with E-state index in [0.29, 0.717) is 27.9 Å². The Balaban J connectivity index is 0.000000128. The van der Waals surface area contributed by atoms with Gasteiger partial charge in [0, 0.05) is 35.9 Å². The number of azo groups is 1. The Kier molecular flexibility index (Phi) is 24.3. The van der Waals surface area contributed by atoms with E-state index in [1.807, 2.05) is 0 Å². The van der Waals surface area contributed by atoms with Gasteiger partial charge in [0.1, 0.15) is 133 Å². The number of ether oxygens (including phenoxy) is 6. The number of phosphoric acid groups is 6. The number of phosphoric ester groups is 6. The van der Waals surface area contributed by atoms with Crippen LogP contribution in [0.4, 0.5) is 23.0 Å². The van der Waals surface area contributed by atoms with Crippen LogP contribution in [0.5, 0.6) is 0 Å². The number of ketones is 1. The van der Waals surface area contributed by atoms with Gasteiger partial charge in [-0.15, -0.1) is 5.11 Å². The summed E-state index contributed by atoms with van der Waals surface area (Å²) < 4.78 is 185. The molecule has 706 valence electrons. The number of hydrogen-bond acceptors (Lipinski definition) is 47. The van der Waals surface area contributed by atoms with E-state index in [1.54, 1.807) is 12.1 Å². The van der Waals surface area contributed by atoms with Crippen molar-refractivity contribution in [2.75, 3.05) is 63.4 Å². The van der Waals surface area contributed by atoms with E-state index in [9.17, 15) is 96.7 Å². The zero-order chi connectivity index (χ0) is 92.9. The van der Waals surface area contributed by atoms with Gasteiger partial charge in [0.15, 0.2) is 82.7 Å². The fourth-order valence-corrected chi connectivity index (χ4v) is 21.7. The zero-order valence-electron chi connectivity index (χ0n) is 66.5. The lowest BCUT2D eigenvalue weighted by atomic mass is 10.1. The van der Waals surface area contributed by atoms with E-state index >= 15 is 0 Å². The predicted octanol–water partition coefficient (Wildman–Crippen LogP) is -1.11. The van der Waals surface area contributed by atoms with Crippen molar-refractivity contribution in [3.05, 3.63) is 132 Å². The van der Waals surface area contributed by atoms with E-state index in [2.05, 4.69) is 76.6 Å². The minimum Gasteiger partial charge on any atom is -0.398 e. The Morgan fingerprint density at radius 2 is 0.856 bits per heavy atom. The first-order valence-electron chi connectivity index (χ1n) is 38.9. The number of nitrogen functional groups attached to an aromatic ring is 3. The highest BCUT2D eigenvalue weighted by Crippen LogP contribution is 2.59. The Morgan fingerprint density at radius 1 is 0.409 bits per heavy atom. The highest BCUT2D eigenvalue weighted by atomic mass is 31.2. The van der Waals surface area contributed by atoms with Gasteiger partial charge in [-0.3, -0.25) is 86.9 Å². The molecule has 6 unspecified atom stereocenters. The summed E-state index contributed by atoms with van der Waals surface area (Å²) in [7, 11) is -30.1. The second-order valence-corrected chi connectivity index (χ2v) is 38.8. The second-order valence-electron chi connectivity index (χ2n) is 30.4. The third-order valence-corrected chi connectivity index (χ3v) is 28.2. The number of H-pyrrole nitrogens is 2. The molecule has 9 saturated heterocycles. The molecule has 0 radical (unpaired) electrons. The molecule has 21 rings (SSSR count). The van der Waals surface area contributed by atoms with Gasteiger partial charge < -0.3 is 120 Å². The molecular weight excluding hydrogens is 1900 g/mol. The molecule has 6 bridgehead atoms. The van der Waals surface area contributed by atoms with Gasteiger partial charge in [-0.2, -0.15) is 5.11 Å². The van der Waals surface area contributed by atoms with Crippen molar-refractivity contribution in [3.8, 4) is 0 Å². The van der Waals surface area contributed by atoms with Crippen molar-refractivity contribution in [1.82, 2.24) is 87.2 Å². The number of aliphatic hydroxyl groups excluding tert-OH is 5. The molecule has 10 aliphatic heterocycles. The number of nitrogens with zero attached hydrogens (tertiary/aromatic N) is 18. The molecule has 132 heavy (non-hydrogen) atoms. The molecule has 0 spiro atoms. The summed E-state index contributed by atoms with van der Waals surface area (Å²) in [5.41, 5.74) is 18.9. The summed E-state index contributed by atoms with van der Waals surface area (Å²) in [6.07, 6.45) is -20.2. The largest absolute Gasteiger partial charge is 0.473 e. The van der Waals surface area contributed by atoms with Crippen LogP contribution < -0.4 is 28.3 Å². The quantitative estimate of drug-likeness (QED) is 0.0693. The van der Waals surface area contributed by atoms with E-state index in [1.165, 1.54) is 85.1 Å². The topological polar surface area (TPSA) is 835 Å². The first-order valence-corrected chi connectivity index (χ1v) is 47.8. The molecule has 21 heterocycles. The third-order valence-electron chi connectivity index (χ3n) is 22.3. The summed E-state index contributed by atoms with van der Waals surface area (Å²) in [5.74, 6) is -0.460. The summed E-state index contributed by atoms with van der Waals surface area (Å²) in [4.78, 5) is 146. The molecule has 11 aromatic heterocycles. The fraction of sp³-hybridized carbons (Fsp3) is 0.462. The molecule has 0 aromatic carbocycles. The van der Waals surface area contributed by atoms with Crippen molar-refractivity contribution in [3.63, 3.8) is 0 Å². The van der Waals surface area contributed by atoms with Crippen LogP contribution in [0.15, 0.2) is 125 Å². The maximum atomic E-state index is 13.2. The van der Waals surface area contributed by atoms with Gasteiger partial charge in [0.25, 0.3) is 11.1 Å². The number of aromatic amines is 2. The van der Waals surface area contributed by atoms with Crippen LogP contribution in [0.25, 0.3) is 55.6 Å². The van der Waals surface area contributed by atoms with Gasteiger partial charge in [-0.05, 0) is 29.8 Å². The molecule has 19 N–H and O–H groups in total. The number of nitrogens with two attached hydrogens (primary N) is 3. The minimum atomic E-state index is -5.07. The number of rotatable bonds is 6. The number of fused-ring (bicyclic) bond motifs is 15. The van der Waals surface area contributed by atoms with Crippen LogP contribution in [0, 0.1) is 0 Å². The Morgan fingerprint density at radius 3 is 1.45 bits per heavy atom. The van der Waals surface area contributed by atoms with Crippen LogP contribution in [0.1, 0.15) is 47.9 Å². The lowest BCUT2D eigenvalue weighted by Gasteiger charge is -2.26. The molecule has 0 saturated carbocycles. The third kappa shape index (κ3) is 17.4. The monoisotopic (exact) mass is 1970 g/mol. The SMILES string of the molecule is C=C1[C@H]2OP(=O)(O)OC[C@H]3O[C@@H](n4cnc5c(N)ccnc54)[C@H](O)[C@@H]3OP(=O)(O)OC[C@H]1O[C@H]2n1cnc2c(=O)[nH]cnc21.Nc1ccnc2c1ccn2[C@@H]1O[C@@H]2COP(=O)(O)O[C@@H]3[C@H](O)[C@@H](COP(=O)(O)O[C@H]2[C@H]1O)O[C@H]3n1cnc2c(=O)[nH]ccc21.Nc1ncnc2c1ncn2[C@@H]1O[C@@H]2COP(=O)(O)O[C@H]3[C@@H](O)[C@H](n4cnc5c4N=NCC5=O)O[C@@H]3COP(=O)(O)O[C@@H]1[C@@H]2O. The van der Waals surface area contributed by atoms with E-state index < -0.39 is 245 Å². The summed E-state index contributed by atoms with van der Waals surface area (Å²) >= 11 is 0. The first kappa shape index (κ1) is 91.6. The van der Waals surface area contributed by atoms with Crippen LogP contribution in [0.2, 0.25) is 0 Å². The van der Waals surface area contributed by atoms with Crippen LogP contribution in [-0.2, 0) is 110 Å². The molecule has 0 amide bonds. The fourth-order valence-electron chi connectivity index (χ4n) is 16.1.